The summed E-state index contributed by atoms with van der Waals surface area (Å²) in [5, 5.41) is 2.77. The van der Waals surface area contributed by atoms with Crippen molar-refractivity contribution in [2.75, 3.05) is 12.8 Å². The van der Waals surface area contributed by atoms with Gasteiger partial charge in [-0.15, -0.1) is 0 Å². The van der Waals surface area contributed by atoms with Crippen molar-refractivity contribution >= 4 is 23.9 Å². The van der Waals surface area contributed by atoms with Gasteiger partial charge < -0.3 is 20.8 Å². The first-order valence-corrected chi connectivity index (χ1v) is 6.69. The molecule has 0 bridgehead atoms. The number of nitrogens with two attached hydrogens (primary N) is 1. The molecule has 1 amide bonds. The van der Waals surface area contributed by atoms with Crippen molar-refractivity contribution < 1.29 is 9.53 Å². The highest BCUT2D eigenvalue weighted by molar-refractivity contribution is 7.71. The Bertz CT molecular complexity index is 710. The molecule has 1 aromatic carbocycles. The second kappa shape index (κ2) is 6.36. The van der Waals surface area contributed by atoms with Crippen molar-refractivity contribution in [3.8, 4) is 5.75 Å². The van der Waals surface area contributed by atoms with Gasteiger partial charge in [-0.2, -0.15) is 0 Å². The van der Waals surface area contributed by atoms with Gasteiger partial charge in [0.15, 0.2) is 0 Å². The van der Waals surface area contributed by atoms with Gasteiger partial charge in [0.05, 0.1) is 7.11 Å². The minimum Gasteiger partial charge on any atom is -0.497 e. The van der Waals surface area contributed by atoms with Crippen molar-refractivity contribution in [3.63, 3.8) is 0 Å². The highest BCUT2D eigenvalue weighted by Gasteiger charge is 2.13. The monoisotopic (exact) mass is 304 g/mol. The molecule has 0 atom stereocenters. The van der Waals surface area contributed by atoms with E-state index in [9.17, 15) is 4.79 Å². The summed E-state index contributed by atoms with van der Waals surface area (Å²) >= 11 is 5.08. The van der Waals surface area contributed by atoms with Gasteiger partial charge in [-0.1, -0.05) is 24.4 Å². The molecule has 2 aromatic rings. The second-order valence-electron chi connectivity index (χ2n) is 4.45. The topological polar surface area (TPSA) is 93.0 Å². The van der Waals surface area contributed by atoms with E-state index in [4.69, 9.17) is 22.7 Å². The fourth-order valence-electron chi connectivity index (χ4n) is 1.84. The van der Waals surface area contributed by atoms with E-state index in [2.05, 4.69) is 15.3 Å². The first-order valence-electron chi connectivity index (χ1n) is 6.28. The van der Waals surface area contributed by atoms with Crippen LogP contribution in [-0.4, -0.2) is 23.0 Å². The van der Waals surface area contributed by atoms with Gasteiger partial charge in [-0.25, -0.2) is 4.98 Å². The number of aryl methyl sites for hydroxylation is 1. The number of benzene rings is 1. The normalized spacial score (nSPS) is 10.2. The number of methoxy groups -OCH3 is 1. The third-order valence-electron chi connectivity index (χ3n) is 2.91. The average Bonchev–Trinajstić information content (AvgIpc) is 2.44. The van der Waals surface area contributed by atoms with Crippen molar-refractivity contribution in [3.05, 3.63) is 45.9 Å². The summed E-state index contributed by atoms with van der Waals surface area (Å²) < 4.78 is 5.27. The van der Waals surface area contributed by atoms with E-state index in [1.165, 1.54) is 0 Å². The molecule has 2 rings (SSSR count). The molecule has 110 valence electrons. The number of rotatable bonds is 4. The molecule has 6 nitrogen and oxygen atoms in total. The molecule has 1 heterocycles. The molecular weight excluding hydrogens is 288 g/mol. The fourth-order valence-corrected chi connectivity index (χ4v) is 2.18. The third kappa shape index (κ3) is 3.57. The number of aromatic amines is 1. The summed E-state index contributed by atoms with van der Waals surface area (Å²) in [4.78, 5) is 19.0. The molecule has 0 aliphatic carbocycles. The van der Waals surface area contributed by atoms with E-state index in [1.807, 2.05) is 24.3 Å². The number of H-pyrrole nitrogens is 1. The number of aromatic nitrogens is 2. The predicted molar refractivity (Wildman–Crippen MR) is 82.7 cm³/mol. The largest absolute Gasteiger partial charge is 0.497 e. The van der Waals surface area contributed by atoms with Crippen LogP contribution in [0.25, 0.3) is 0 Å². The van der Waals surface area contributed by atoms with Crippen LogP contribution in [0, 0.1) is 11.6 Å². The molecule has 1 aromatic heterocycles. The number of amides is 1. The van der Waals surface area contributed by atoms with E-state index >= 15 is 0 Å². The van der Waals surface area contributed by atoms with Crippen LogP contribution in [0.1, 0.15) is 21.7 Å². The van der Waals surface area contributed by atoms with Crippen LogP contribution < -0.4 is 15.8 Å². The van der Waals surface area contributed by atoms with Crippen LogP contribution >= 0.6 is 12.2 Å². The number of anilines is 1. The fraction of sp³-hybridized carbons (Fsp3) is 0.214. The van der Waals surface area contributed by atoms with Gasteiger partial charge in [-0.3, -0.25) is 4.79 Å². The Morgan fingerprint density at radius 2 is 2.10 bits per heavy atom. The molecule has 21 heavy (non-hydrogen) atoms. The number of nitrogen functional groups attached to an aromatic ring is 1. The average molecular weight is 304 g/mol. The number of carbonyl (C=O) groups is 1. The summed E-state index contributed by atoms with van der Waals surface area (Å²) in [5.41, 5.74) is 6.93. The van der Waals surface area contributed by atoms with Crippen LogP contribution in [0.4, 0.5) is 5.82 Å². The second-order valence-corrected chi connectivity index (χ2v) is 4.83. The zero-order valence-corrected chi connectivity index (χ0v) is 12.6. The lowest BCUT2D eigenvalue weighted by Gasteiger charge is -2.08. The van der Waals surface area contributed by atoms with Crippen molar-refractivity contribution in [1.82, 2.24) is 15.3 Å². The molecule has 0 unspecified atom stereocenters. The molecule has 0 aliphatic heterocycles. The molecule has 0 saturated heterocycles. The third-order valence-corrected chi connectivity index (χ3v) is 3.20. The summed E-state index contributed by atoms with van der Waals surface area (Å²) in [6.07, 6.45) is 0. The van der Waals surface area contributed by atoms with Gasteiger partial charge in [0.1, 0.15) is 27.6 Å². The zero-order chi connectivity index (χ0) is 15.4. The van der Waals surface area contributed by atoms with E-state index in [-0.39, 0.29) is 21.9 Å². The predicted octanol–water partition coefficient (Wildman–Crippen LogP) is 1.97. The molecule has 4 N–H and O–H groups in total. The number of carbonyl (C=O) groups excluding carboxylic acids is 1. The van der Waals surface area contributed by atoms with E-state index in [0.717, 1.165) is 11.3 Å². The van der Waals surface area contributed by atoms with Crippen LogP contribution in [0.2, 0.25) is 0 Å². The highest BCUT2D eigenvalue weighted by Crippen LogP contribution is 2.12. The molecule has 0 aliphatic rings. The first-order chi connectivity index (χ1) is 10.0. The van der Waals surface area contributed by atoms with Gasteiger partial charge >= 0.3 is 0 Å². The van der Waals surface area contributed by atoms with Crippen LogP contribution in [0.3, 0.4) is 0 Å². The lowest BCUT2D eigenvalue weighted by atomic mass is 10.2. The van der Waals surface area contributed by atoms with Gasteiger partial charge in [-0.05, 0) is 24.6 Å². The number of hydrogen-bond donors (Lipinski definition) is 3. The minimum absolute atomic E-state index is 0.191. The molecule has 0 radical (unpaired) electrons. The lowest BCUT2D eigenvalue weighted by Crippen LogP contribution is -2.25. The molecular formula is C14H16N4O2S. The van der Waals surface area contributed by atoms with E-state index in [0.29, 0.717) is 12.4 Å². The summed E-state index contributed by atoms with van der Waals surface area (Å²) in [5.74, 6) is 1.21. The number of hydrogen-bond acceptors (Lipinski definition) is 5. The Labute approximate surface area is 127 Å². The van der Waals surface area contributed by atoms with Crippen molar-refractivity contribution in [1.29, 1.82) is 0 Å². The maximum Gasteiger partial charge on any atom is 0.258 e. The lowest BCUT2D eigenvalue weighted by molar-refractivity contribution is 0.0950. The summed E-state index contributed by atoms with van der Waals surface area (Å²) in [6, 6.07) is 7.40. The first kappa shape index (κ1) is 15.0. The SMILES string of the molecule is COc1ccc(CNC(=O)c2c(N)[nH]c(C)nc2=S)cc1. The maximum atomic E-state index is 12.2. The summed E-state index contributed by atoms with van der Waals surface area (Å²) in [6.45, 7) is 2.09. The molecule has 0 saturated carbocycles. The number of ether oxygens (including phenoxy) is 1. The number of nitrogens with one attached hydrogen (secondary N) is 2. The van der Waals surface area contributed by atoms with Gasteiger partial charge in [0.2, 0.25) is 0 Å². The quantitative estimate of drug-likeness (QED) is 0.751. The molecule has 0 spiro atoms. The Morgan fingerprint density at radius 3 is 2.67 bits per heavy atom. The standard InChI is InChI=1S/C14H16N4O2S/c1-8-17-12(15)11(14(21)18-8)13(19)16-7-9-3-5-10(20-2)6-4-9/h3-6H,7H2,1-2H3,(H,16,19)(H3,15,17,18,21). The van der Waals surface area contributed by atoms with Crippen molar-refractivity contribution in [2.45, 2.75) is 13.5 Å². The van der Waals surface area contributed by atoms with E-state index < -0.39 is 0 Å². The zero-order valence-electron chi connectivity index (χ0n) is 11.8. The van der Waals surface area contributed by atoms with Gasteiger partial charge in [0.25, 0.3) is 5.91 Å². The Balaban J connectivity index is 2.10. The Kier molecular flexibility index (Phi) is 4.54. The maximum absolute atomic E-state index is 12.2. The summed E-state index contributed by atoms with van der Waals surface area (Å²) in [7, 11) is 1.60. The van der Waals surface area contributed by atoms with Crippen LogP contribution in [0.15, 0.2) is 24.3 Å². The highest BCUT2D eigenvalue weighted by atomic mass is 32.1. The van der Waals surface area contributed by atoms with Gasteiger partial charge in [0, 0.05) is 6.54 Å². The van der Waals surface area contributed by atoms with E-state index in [1.54, 1.807) is 14.0 Å². The smallest absolute Gasteiger partial charge is 0.258 e. The Morgan fingerprint density at radius 1 is 1.43 bits per heavy atom. The minimum atomic E-state index is -0.350. The number of nitrogens with zero attached hydrogens (tertiary/aromatic N) is 1. The molecule has 0 fully saturated rings. The van der Waals surface area contributed by atoms with Crippen LogP contribution in [-0.2, 0) is 6.54 Å². The van der Waals surface area contributed by atoms with Crippen LogP contribution in [0.5, 0.6) is 5.75 Å². The molecule has 7 heteroatoms. The Hall–Kier alpha value is -2.41. The van der Waals surface area contributed by atoms with Crippen molar-refractivity contribution in [2.24, 2.45) is 0 Å².